The minimum absolute atomic E-state index is 0.0666. The summed E-state index contributed by atoms with van der Waals surface area (Å²) in [6.07, 6.45) is 1.40. The highest BCUT2D eigenvalue weighted by molar-refractivity contribution is 8.15. The second-order valence-electron chi connectivity index (χ2n) is 6.89. The Bertz CT molecular complexity index is 858. The zero-order valence-corrected chi connectivity index (χ0v) is 17.3. The third kappa shape index (κ3) is 3.85. The largest absolute Gasteiger partial charge is 0.490 e. The number of carbonyl (C=O) groups excluding carboxylic acids is 2. The summed E-state index contributed by atoms with van der Waals surface area (Å²) in [4.78, 5) is 31.8. The topological polar surface area (TPSA) is 68.2 Å². The van der Waals surface area contributed by atoms with Crippen LogP contribution in [0.3, 0.4) is 0 Å². The molecule has 0 aliphatic carbocycles. The Morgan fingerprint density at radius 2 is 2.04 bits per heavy atom. The summed E-state index contributed by atoms with van der Waals surface area (Å²) in [5, 5.41) is 0.373. The normalized spacial score (nSPS) is 21.5. The number of amides is 1. The van der Waals surface area contributed by atoms with Crippen LogP contribution >= 0.6 is 11.8 Å². The van der Waals surface area contributed by atoms with Crippen molar-refractivity contribution in [2.75, 3.05) is 6.61 Å². The highest BCUT2D eigenvalue weighted by Crippen LogP contribution is 2.43. The Kier molecular flexibility index (Phi) is 5.93. The van der Waals surface area contributed by atoms with E-state index in [0.717, 1.165) is 5.56 Å². The third-order valence-electron chi connectivity index (χ3n) is 4.38. The predicted molar refractivity (Wildman–Crippen MR) is 110 cm³/mol. The zero-order chi connectivity index (χ0) is 20.4. The molecule has 0 bridgehead atoms. The van der Waals surface area contributed by atoms with Crippen molar-refractivity contribution in [3.8, 4) is 5.75 Å². The first kappa shape index (κ1) is 20.2. The summed E-state index contributed by atoms with van der Waals surface area (Å²) >= 11 is 1.41. The molecule has 0 saturated carbocycles. The molecule has 6 nitrogen and oxygen atoms in total. The molecule has 0 N–H and O–H groups in total. The van der Waals surface area contributed by atoms with Crippen LogP contribution in [0.5, 0.6) is 5.75 Å². The van der Waals surface area contributed by atoms with Crippen molar-refractivity contribution >= 4 is 28.8 Å². The molecular formula is C21H24N2O4S. The zero-order valence-electron chi connectivity index (χ0n) is 16.5. The molecule has 0 aromatic heterocycles. The van der Waals surface area contributed by atoms with Crippen LogP contribution in [0.2, 0.25) is 0 Å². The molecule has 2 heterocycles. The number of hydrogen-bond acceptors (Lipinski definition) is 6. The van der Waals surface area contributed by atoms with E-state index in [-0.39, 0.29) is 17.3 Å². The molecule has 28 heavy (non-hydrogen) atoms. The Morgan fingerprint density at radius 1 is 1.36 bits per heavy atom. The van der Waals surface area contributed by atoms with Gasteiger partial charge >= 0.3 is 5.97 Å². The highest BCUT2D eigenvalue weighted by atomic mass is 32.2. The molecule has 0 radical (unpaired) electrons. The number of benzene rings is 1. The lowest BCUT2D eigenvalue weighted by Gasteiger charge is -2.33. The molecule has 1 fully saturated rings. The molecule has 1 aromatic rings. The van der Waals surface area contributed by atoms with E-state index in [1.165, 1.54) is 11.8 Å². The van der Waals surface area contributed by atoms with Crippen LogP contribution in [-0.2, 0) is 14.3 Å². The van der Waals surface area contributed by atoms with E-state index in [1.807, 2.05) is 31.2 Å². The van der Waals surface area contributed by atoms with Gasteiger partial charge in [0.05, 0.1) is 28.7 Å². The van der Waals surface area contributed by atoms with E-state index in [1.54, 1.807) is 31.7 Å². The molecule has 148 valence electrons. The number of carbonyl (C=O) groups is 2. The number of hydrogen-bond donors (Lipinski definition) is 0. The molecule has 7 heteroatoms. The van der Waals surface area contributed by atoms with Gasteiger partial charge in [-0.15, -0.1) is 0 Å². The van der Waals surface area contributed by atoms with E-state index in [4.69, 9.17) is 9.47 Å². The van der Waals surface area contributed by atoms with Gasteiger partial charge < -0.3 is 9.47 Å². The predicted octanol–water partition coefficient (Wildman–Crippen LogP) is 3.85. The molecule has 1 aromatic carbocycles. The van der Waals surface area contributed by atoms with Crippen molar-refractivity contribution in [3.63, 3.8) is 0 Å². The summed E-state index contributed by atoms with van der Waals surface area (Å²) < 4.78 is 11.0. The quantitative estimate of drug-likeness (QED) is 0.536. The fourth-order valence-corrected chi connectivity index (χ4v) is 4.19. The summed E-state index contributed by atoms with van der Waals surface area (Å²) in [5.74, 6) is 0.170. The van der Waals surface area contributed by atoms with Crippen molar-refractivity contribution in [2.45, 2.75) is 45.1 Å². The third-order valence-corrected chi connectivity index (χ3v) is 5.44. The van der Waals surface area contributed by atoms with Gasteiger partial charge in [0.1, 0.15) is 12.4 Å². The standard InChI is InChI=1S/C21H24N2O4S/c1-6-11-26-16-9-7-15(8-10-16)18-17(20(25)27-12(2)3)13(4)22-21-23(18)19(24)14(5)28-21/h6-10,12,14,18H,1,11H2,2-5H3. The van der Waals surface area contributed by atoms with Gasteiger partial charge in [-0.3, -0.25) is 9.69 Å². The first-order valence-electron chi connectivity index (χ1n) is 9.17. The summed E-state index contributed by atoms with van der Waals surface area (Å²) in [6, 6.07) is 6.80. The van der Waals surface area contributed by atoms with Crippen molar-refractivity contribution in [2.24, 2.45) is 4.99 Å². The van der Waals surface area contributed by atoms with Gasteiger partial charge in [-0.05, 0) is 45.4 Å². The highest BCUT2D eigenvalue weighted by Gasteiger charge is 2.46. The van der Waals surface area contributed by atoms with Crippen LogP contribution in [0.25, 0.3) is 0 Å². The van der Waals surface area contributed by atoms with E-state index < -0.39 is 12.0 Å². The molecule has 0 spiro atoms. The molecular weight excluding hydrogens is 376 g/mol. The minimum Gasteiger partial charge on any atom is -0.490 e. The van der Waals surface area contributed by atoms with Gasteiger partial charge in [0.15, 0.2) is 5.17 Å². The fraction of sp³-hybridized carbons (Fsp3) is 0.381. The first-order chi connectivity index (χ1) is 13.3. The number of aliphatic imine (C=N–C) groups is 1. The minimum atomic E-state index is -0.572. The van der Waals surface area contributed by atoms with Crippen molar-refractivity contribution < 1.29 is 19.1 Å². The second-order valence-corrected chi connectivity index (χ2v) is 8.20. The van der Waals surface area contributed by atoms with Crippen molar-refractivity contribution in [1.29, 1.82) is 0 Å². The van der Waals surface area contributed by atoms with E-state index in [9.17, 15) is 9.59 Å². The Morgan fingerprint density at radius 3 is 2.64 bits per heavy atom. The van der Waals surface area contributed by atoms with Crippen LogP contribution in [-0.4, -0.2) is 39.9 Å². The maximum Gasteiger partial charge on any atom is 0.338 e. The van der Waals surface area contributed by atoms with Crippen LogP contribution in [0.15, 0.2) is 53.2 Å². The second kappa shape index (κ2) is 8.22. The Balaban J connectivity index is 2.04. The number of fused-ring (bicyclic) bond motifs is 1. The molecule has 1 amide bonds. The van der Waals surface area contributed by atoms with Crippen LogP contribution < -0.4 is 4.74 Å². The summed E-state index contributed by atoms with van der Waals surface area (Å²) in [7, 11) is 0. The van der Waals surface area contributed by atoms with Crippen molar-refractivity contribution in [3.05, 3.63) is 53.8 Å². The number of ether oxygens (including phenoxy) is 2. The lowest BCUT2D eigenvalue weighted by molar-refractivity contribution is -0.143. The number of rotatable bonds is 6. The number of nitrogens with zero attached hydrogens (tertiary/aromatic N) is 2. The van der Waals surface area contributed by atoms with Gasteiger partial charge in [-0.1, -0.05) is 36.5 Å². The summed E-state index contributed by atoms with van der Waals surface area (Å²) in [5.41, 5.74) is 1.76. The van der Waals surface area contributed by atoms with E-state index >= 15 is 0 Å². The van der Waals surface area contributed by atoms with E-state index in [0.29, 0.717) is 28.8 Å². The van der Waals surface area contributed by atoms with Gasteiger partial charge in [0.2, 0.25) is 5.91 Å². The van der Waals surface area contributed by atoms with Crippen molar-refractivity contribution in [1.82, 2.24) is 4.90 Å². The average Bonchev–Trinajstić information content (AvgIpc) is 2.92. The number of allylic oxidation sites excluding steroid dienone is 1. The molecule has 2 aliphatic heterocycles. The monoisotopic (exact) mass is 400 g/mol. The lowest BCUT2D eigenvalue weighted by atomic mass is 9.94. The molecule has 1 saturated heterocycles. The number of thioether (sulfide) groups is 1. The molecule has 2 aliphatic rings. The van der Waals surface area contributed by atoms with Crippen LogP contribution in [0.4, 0.5) is 0 Å². The summed E-state index contributed by atoms with van der Waals surface area (Å²) in [6.45, 7) is 11.3. The lowest BCUT2D eigenvalue weighted by Crippen LogP contribution is -2.40. The average molecular weight is 401 g/mol. The molecule has 2 atom stereocenters. The maximum absolute atomic E-state index is 12.9. The van der Waals surface area contributed by atoms with Gasteiger partial charge in [0, 0.05) is 0 Å². The Hall–Kier alpha value is -2.54. The fourth-order valence-electron chi connectivity index (χ4n) is 3.16. The smallest absolute Gasteiger partial charge is 0.338 e. The first-order valence-corrected chi connectivity index (χ1v) is 10.0. The van der Waals surface area contributed by atoms with Crippen LogP contribution in [0, 0.1) is 0 Å². The number of esters is 1. The SMILES string of the molecule is C=CCOc1ccc(C2C(C(=O)OC(C)C)=C(C)N=C3SC(C)C(=O)N32)cc1. The van der Waals surface area contributed by atoms with Gasteiger partial charge in [-0.2, -0.15) is 0 Å². The number of amidine groups is 1. The van der Waals surface area contributed by atoms with E-state index in [2.05, 4.69) is 11.6 Å². The Labute approximate surface area is 169 Å². The van der Waals surface area contributed by atoms with Gasteiger partial charge in [-0.25, -0.2) is 9.79 Å². The maximum atomic E-state index is 12.9. The van der Waals surface area contributed by atoms with Crippen LogP contribution in [0.1, 0.15) is 39.3 Å². The molecule has 3 rings (SSSR count). The van der Waals surface area contributed by atoms with Gasteiger partial charge in [0.25, 0.3) is 0 Å². The molecule has 2 unspecified atom stereocenters.